The van der Waals surface area contributed by atoms with E-state index in [9.17, 15) is 14.4 Å². The Morgan fingerprint density at radius 3 is 2.42 bits per heavy atom. The van der Waals surface area contributed by atoms with Gasteiger partial charge in [0.05, 0.1) is 6.54 Å². The minimum Gasteiger partial charge on any atom is -0.445 e. The molecule has 0 unspecified atom stereocenters. The van der Waals surface area contributed by atoms with Crippen LogP contribution in [0.3, 0.4) is 0 Å². The number of ether oxygens (including phenoxy) is 1. The zero-order valence-corrected chi connectivity index (χ0v) is 18.5. The molecule has 1 aliphatic rings. The van der Waals surface area contributed by atoms with Gasteiger partial charge in [0.15, 0.2) is 0 Å². The van der Waals surface area contributed by atoms with Crippen molar-refractivity contribution in [2.24, 2.45) is 5.73 Å². The molecule has 0 saturated carbocycles. The first-order valence-corrected chi connectivity index (χ1v) is 10.6. The lowest BCUT2D eigenvalue weighted by Crippen LogP contribution is -2.56. The molecule has 0 saturated heterocycles. The van der Waals surface area contributed by atoms with Gasteiger partial charge in [-0.1, -0.05) is 77.1 Å². The van der Waals surface area contributed by atoms with Crippen LogP contribution in [0.25, 0.3) is 0 Å². The molecular formula is C23H24BrN3O4. The first-order chi connectivity index (χ1) is 14.8. The highest BCUT2D eigenvalue weighted by Crippen LogP contribution is 2.25. The Morgan fingerprint density at radius 1 is 1.13 bits per heavy atom. The van der Waals surface area contributed by atoms with Crippen molar-refractivity contribution in [2.45, 2.75) is 38.1 Å². The fourth-order valence-corrected chi connectivity index (χ4v) is 3.79. The number of halogens is 1. The van der Waals surface area contributed by atoms with Crippen molar-refractivity contribution in [3.05, 3.63) is 82.3 Å². The second kappa shape index (κ2) is 10.3. The lowest BCUT2D eigenvalue weighted by atomic mass is 9.93. The average molecular weight is 486 g/mol. The molecule has 162 valence electrons. The first-order valence-electron chi connectivity index (χ1n) is 9.82. The minimum absolute atomic E-state index is 0.0967. The molecule has 0 aromatic heterocycles. The molecule has 2 aromatic rings. The number of nitrogens with two attached hydrogens (primary N) is 1. The maximum Gasteiger partial charge on any atom is 0.411 e. The van der Waals surface area contributed by atoms with Crippen LogP contribution in [0.2, 0.25) is 0 Å². The Labute approximate surface area is 189 Å². The van der Waals surface area contributed by atoms with E-state index in [-0.39, 0.29) is 19.6 Å². The molecule has 7 nitrogen and oxygen atoms in total. The zero-order valence-electron chi connectivity index (χ0n) is 16.9. The largest absolute Gasteiger partial charge is 0.445 e. The van der Waals surface area contributed by atoms with Crippen LogP contribution in [0.1, 0.15) is 23.1 Å². The Morgan fingerprint density at radius 2 is 1.77 bits per heavy atom. The number of amides is 3. The van der Waals surface area contributed by atoms with E-state index in [0.717, 1.165) is 16.7 Å². The molecule has 0 aliphatic carbocycles. The maximum atomic E-state index is 13.1. The summed E-state index contributed by atoms with van der Waals surface area (Å²) in [6.07, 6.45) is -0.134. The van der Waals surface area contributed by atoms with Gasteiger partial charge in [0.2, 0.25) is 11.8 Å². The highest BCUT2D eigenvalue weighted by atomic mass is 79.9. The SMILES string of the molecule is C=C(Br)C[C@H](NC(=O)[C@@H]1Cc2ccccc2CN1C(=O)OCc1ccccc1)C(N)=O. The van der Waals surface area contributed by atoms with E-state index < -0.39 is 30.0 Å². The molecule has 0 fully saturated rings. The van der Waals surface area contributed by atoms with Gasteiger partial charge in [-0.3, -0.25) is 14.5 Å². The number of carbonyl (C=O) groups is 3. The highest BCUT2D eigenvalue weighted by Gasteiger charge is 2.36. The number of hydrogen-bond acceptors (Lipinski definition) is 4. The third kappa shape index (κ3) is 5.95. The third-order valence-electron chi connectivity index (χ3n) is 5.08. The summed E-state index contributed by atoms with van der Waals surface area (Å²) in [5.41, 5.74) is 8.19. The number of nitrogens with one attached hydrogen (secondary N) is 1. The predicted octanol–water partition coefficient (Wildman–Crippen LogP) is 3.02. The van der Waals surface area contributed by atoms with Gasteiger partial charge in [-0.05, 0) is 21.2 Å². The summed E-state index contributed by atoms with van der Waals surface area (Å²) in [6, 6.07) is 15.2. The van der Waals surface area contributed by atoms with Crippen molar-refractivity contribution >= 4 is 33.8 Å². The van der Waals surface area contributed by atoms with E-state index in [1.165, 1.54) is 4.90 Å². The Balaban J connectivity index is 1.78. The van der Waals surface area contributed by atoms with Crippen LogP contribution in [0.4, 0.5) is 4.79 Å². The third-order valence-corrected chi connectivity index (χ3v) is 5.40. The van der Waals surface area contributed by atoms with Crippen LogP contribution >= 0.6 is 15.9 Å². The quantitative estimate of drug-likeness (QED) is 0.628. The predicted molar refractivity (Wildman–Crippen MR) is 120 cm³/mol. The van der Waals surface area contributed by atoms with Gasteiger partial charge < -0.3 is 15.8 Å². The van der Waals surface area contributed by atoms with Crippen molar-refractivity contribution < 1.29 is 19.1 Å². The molecule has 0 bridgehead atoms. The molecule has 31 heavy (non-hydrogen) atoms. The van der Waals surface area contributed by atoms with Crippen molar-refractivity contribution in [3.8, 4) is 0 Å². The van der Waals surface area contributed by atoms with Gasteiger partial charge in [-0.2, -0.15) is 0 Å². The van der Waals surface area contributed by atoms with Gasteiger partial charge in [0.25, 0.3) is 0 Å². The summed E-state index contributed by atoms with van der Waals surface area (Å²) in [5, 5.41) is 2.65. The minimum atomic E-state index is -0.932. The molecule has 0 radical (unpaired) electrons. The molecule has 3 amide bonds. The fourth-order valence-electron chi connectivity index (χ4n) is 3.46. The van der Waals surface area contributed by atoms with Crippen molar-refractivity contribution in [1.82, 2.24) is 10.2 Å². The summed E-state index contributed by atoms with van der Waals surface area (Å²) in [4.78, 5) is 39.1. The van der Waals surface area contributed by atoms with Crippen LogP contribution in [0.5, 0.6) is 0 Å². The number of benzene rings is 2. The van der Waals surface area contributed by atoms with E-state index in [1.54, 1.807) is 0 Å². The Hall–Kier alpha value is -3.13. The van der Waals surface area contributed by atoms with E-state index in [0.29, 0.717) is 10.9 Å². The first kappa shape index (κ1) is 22.6. The summed E-state index contributed by atoms with van der Waals surface area (Å²) >= 11 is 3.19. The van der Waals surface area contributed by atoms with Crippen LogP contribution in [-0.4, -0.2) is 34.9 Å². The zero-order chi connectivity index (χ0) is 22.4. The Kier molecular flexibility index (Phi) is 7.46. The number of hydrogen-bond donors (Lipinski definition) is 2. The fraction of sp³-hybridized carbons (Fsp3) is 0.261. The number of carbonyl (C=O) groups excluding carboxylic acids is 3. The van der Waals surface area contributed by atoms with Crippen LogP contribution in [0, 0.1) is 0 Å². The summed E-state index contributed by atoms with van der Waals surface area (Å²) in [7, 11) is 0. The van der Waals surface area contributed by atoms with Crippen LogP contribution in [-0.2, 0) is 33.9 Å². The molecule has 2 aromatic carbocycles. The smallest absolute Gasteiger partial charge is 0.411 e. The lowest BCUT2D eigenvalue weighted by Gasteiger charge is -2.35. The number of nitrogens with zero attached hydrogens (tertiary/aromatic N) is 1. The highest BCUT2D eigenvalue weighted by molar-refractivity contribution is 9.11. The molecule has 3 rings (SSSR count). The van der Waals surface area contributed by atoms with E-state index in [2.05, 4.69) is 27.8 Å². The summed E-state index contributed by atoms with van der Waals surface area (Å²) in [5.74, 6) is -1.15. The average Bonchev–Trinajstić information content (AvgIpc) is 2.76. The normalized spacial score (nSPS) is 16.0. The number of rotatable bonds is 7. The van der Waals surface area contributed by atoms with Gasteiger partial charge in [-0.15, -0.1) is 0 Å². The van der Waals surface area contributed by atoms with Gasteiger partial charge in [-0.25, -0.2) is 4.79 Å². The molecule has 8 heteroatoms. The van der Waals surface area contributed by atoms with Crippen molar-refractivity contribution in [2.75, 3.05) is 0 Å². The van der Waals surface area contributed by atoms with Crippen LogP contribution < -0.4 is 11.1 Å². The molecule has 1 aliphatic heterocycles. The molecule has 0 spiro atoms. The van der Waals surface area contributed by atoms with Gasteiger partial charge in [0, 0.05) is 12.8 Å². The summed E-state index contributed by atoms with van der Waals surface area (Å²) < 4.78 is 6.01. The summed E-state index contributed by atoms with van der Waals surface area (Å²) in [6.45, 7) is 4.02. The van der Waals surface area contributed by atoms with Crippen molar-refractivity contribution in [3.63, 3.8) is 0 Å². The standard InChI is InChI=1S/C23H24BrN3O4/c1-15(24)11-19(21(25)28)26-22(29)20-12-17-9-5-6-10-18(17)13-27(20)23(30)31-14-16-7-3-2-4-8-16/h2-10,19-20H,1,11-14H2,(H2,25,28)(H,26,29)/t19-,20-/m0/s1. The van der Waals surface area contributed by atoms with Gasteiger partial charge >= 0.3 is 6.09 Å². The molecule has 1 heterocycles. The number of fused-ring (bicyclic) bond motifs is 1. The molecular weight excluding hydrogens is 462 g/mol. The Bertz CT molecular complexity index is 980. The topological polar surface area (TPSA) is 102 Å². The van der Waals surface area contributed by atoms with E-state index >= 15 is 0 Å². The van der Waals surface area contributed by atoms with Gasteiger partial charge in [0.1, 0.15) is 18.7 Å². The van der Waals surface area contributed by atoms with Crippen LogP contribution in [0.15, 0.2) is 65.7 Å². The van der Waals surface area contributed by atoms with E-state index in [4.69, 9.17) is 10.5 Å². The maximum absolute atomic E-state index is 13.1. The monoisotopic (exact) mass is 485 g/mol. The van der Waals surface area contributed by atoms with Crippen molar-refractivity contribution in [1.29, 1.82) is 0 Å². The second-order valence-corrected chi connectivity index (χ2v) is 8.46. The molecule has 3 N–H and O–H groups in total. The molecule has 2 atom stereocenters. The lowest BCUT2D eigenvalue weighted by molar-refractivity contribution is -0.131. The second-order valence-electron chi connectivity index (χ2n) is 7.34. The number of primary amides is 1. The van der Waals surface area contributed by atoms with E-state index in [1.807, 2.05) is 54.6 Å².